The lowest BCUT2D eigenvalue weighted by Crippen LogP contribution is -2.30. The Morgan fingerprint density at radius 3 is 2.70 bits per heavy atom. The van der Waals surface area contributed by atoms with E-state index in [1.807, 2.05) is 25.1 Å². The third-order valence-electron chi connectivity index (χ3n) is 2.93. The van der Waals surface area contributed by atoms with Crippen LogP contribution in [0, 0.1) is 6.92 Å². The Balaban J connectivity index is 1.80. The number of rotatable bonds is 4. The number of phenols is 1. The predicted octanol–water partition coefficient (Wildman–Crippen LogP) is 3.06. The number of carbonyl (C=O) groups excluding carboxylic acids is 1. The highest BCUT2D eigenvalue weighted by atomic mass is 16.3. The van der Waals surface area contributed by atoms with Crippen molar-refractivity contribution in [1.29, 1.82) is 0 Å². The maximum atomic E-state index is 11.7. The Hall–Kier alpha value is -2.49. The van der Waals surface area contributed by atoms with Crippen LogP contribution < -0.4 is 10.6 Å². The van der Waals surface area contributed by atoms with Gasteiger partial charge in [-0.3, -0.25) is 0 Å². The topological polar surface area (TPSA) is 61.4 Å². The zero-order chi connectivity index (χ0) is 14.4. The maximum absolute atomic E-state index is 11.7. The smallest absolute Gasteiger partial charge is 0.319 e. The molecule has 2 aromatic rings. The Kier molecular flexibility index (Phi) is 4.60. The van der Waals surface area contributed by atoms with E-state index in [-0.39, 0.29) is 11.8 Å². The molecule has 104 valence electrons. The molecule has 0 fully saturated rings. The van der Waals surface area contributed by atoms with Gasteiger partial charge in [-0.15, -0.1) is 0 Å². The molecule has 0 aliphatic carbocycles. The molecule has 2 amide bonds. The first-order chi connectivity index (χ1) is 9.65. The average molecular weight is 270 g/mol. The number of anilines is 1. The Morgan fingerprint density at radius 1 is 1.15 bits per heavy atom. The predicted molar refractivity (Wildman–Crippen MR) is 80.0 cm³/mol. The van der Waals surface area contributed by atoms with Crippen molar-refractivity contribution in [2.24, 2.45) is 0 Å². The lowest BCUT2D eigenvalue weighted by Gasteiger charge is -2.09. The van der Waals surface area contributed by atoms with Gasteiger partial charge in [0.05, 0.1) is 5.69 Å². The van der Waals surface area contributed by atoms with Crippen LogP contribution in [0.15, 0.2) is 48.5 Å². The first-order valence-electron chi connectivity index (χ1n) is 6.53. The Labute approximate surface area is 118 Å². The summed E-state index contributed by atoms with van der Waals surface area (Å²) < 4.78 is 0. The number of para-hydroxylation sites is 2. The van der Waals surface area contributed by atoms with E-state index in [2.05, 4.69) is 16.7 Å². The Morgan fingerprint density at radius 2 is 1.95 bits per heavy atom. The number of urea groups is 1. The lowest BCUT2D eigenvalue weighted by atomic mass is 10.1. The van der Waals surface area contributed by atoms with Crippen LogP contribution in [0.1, 0.15) is 11.1 Å². The number of amides is 2. The summed E-state index contributed by atoms with van der Waals surface area (Å²) in [6.07, 6.45) is 0.774. The highest BCUT2D eigenvalue weighted by Crippen LogP contribution is 2.20. The summed E-state index contributed by atoms with van der Waals surface area (Å²) in [6.45, 7) is 2.59. The van der Waals surface area contributed by atoms with Gasteiger partial charge in [0.25, 0.3) is 0 Å². The number of aryl methyl sites for hydroxylation is 1. The summed E-state index contributed by atoms with van der Waals surface area (Å²) in [5, 5.41) is 14.9. The van der Waals surface area contributed by atoms with Crippen molar-refractivity contribution < 1.29 is 9.90 Å². The van der Waals surface area contributed by atoms with Crippen molar-refractivity contribution in [2.45, 2.75) is 13.3 Å². The van der Waals surface area contributed by atoms with Gasteiger partial charge in [0.2, 0.25) is 0 Å². The van der Waals surface area contributed by atoms with Crippen LogP contribution in [-0.4, -0.2) is 17.7 Å². The van der Waals surface area contributed by atoms with Gasteiger partial charge < -0.3 is 15.7 Å². The molecule has 0 aliphatic rings. The van der Waals surface area contributed by atoms with Gasteiger partial charge in [0.15, 0.2) is 0 Å². The second-order valence-electron chi connectivity index (χ2n) is 4.64. The third-order valence-corrected chi connectivity index (χ3v) is 2.93. The van der Waals surface area contributed by atoms with Crippen molar-refractivity contribution in [3.63, 3.8) is 0 Å². The van der Waals surface area contributed by atoms with Gasteiger partial charge in [-0.1, -0.05) is 42.0 Å². The maximum Gasteiger partial charge on any atom is 0.319 e. The summed E-state index contributed by atoms with van der Waals surface area (Å²) in [5.74, 6) is 0.0568. The number of carbonyl (C=O) groups is 1. The van der Waals surface area contributed by atoms with E-state index in [0.717, 1.165) is 6.42 Å². The minimum absolute atomic E-state index is 0.0568. The second-order valence-corrected chi connectivity index (χ2v) is 4.64. The zero-order valence-electron chi connectivity index (χ0n) is 11.4. The van der Waals surface area contributed by atoms with Crippen LogP contribution in [0.25, 0.3) is 0 Å². The molecule has 0 unspecified atom stereocenters. The summed E-state index contributed by atoms with van der Waals surface area (Å²) >= 11 is 0. The fraction of sp³-hybridized carbons (Fsp3) is 0.188. The first-order valence-corrected chi connectivity index (χ1v) is 6.53. The van der Waals surface area contributed by atoms with E-state index in [1.165, 1.54) is 17.2 Å². The summed E-state index contributed by atoms with van der Waals surface area (Å²) in [5.41, 5.74) is 2.80. The van der Waals surface area contributed by atoms with Gasteiger partial charge in [-0.2, -0.15) is 0 Å². The highest BCUT2D eigenvalue weighted by molar-refractivity contribution is 5.90. The van der Waals surface area contributed by atoms with E-state index in [1.54, 1.807) is 18.2 Å². The van der Waals surface area contributed by atoms with Crippen molar-refractivity contribution in [3.05, 3.63) is 59.7 Å². The Bertz CT molecular complexity index is 597. The van der Waals surface area contributed by atoms with Crippen LogP contribution >= 0.6 is 0 Å². The second kappa shape index (κ2) is 6.61. The van der Waals surface area contributed by atoms with Crippen molar-refractivity contribution in [3.8, 4) is 5.75 Å². The van der Waals surface area contributed by atoms with Gasteiger partial charge in [0.1, 0.15) is 5.75 Å². The van der Waals surface area contributed by atoms with Gasteiger partial charge in [0, 0.05) is 6.54 Å². The number of hydrogen-bond acceptors (Lipinski definition) is 2. The quantitative estimate of drug-likeness (QED) is 0.748. The minimum atomic E-state index is -0.320. The van der Waals surface area contributed by atoms with Crippen molar-refractivity contribution >= 4 is 11.7 Å². The molecule has 3 N–H and O–H groups in total. The van der Waals surface area contributed by atoms with Gasteiger partial charge in [-0.25, -0.2) is 4.79 Å². The number of phenolic OH excluding ortho intramolecular Hbond substituents is 1. The molecule has 0 saturated heterocycles. The van der Waals surface area contributed by atoms with E-state index >= 15 is 0 Å². The SMILES string of the molecule is Cc1cccc(CCNC(=O)Nc2ccccc2O)c1. The minimum Gasteiger partial charge on any atom is -0.506 e. The zero-order valence-corrected chi connectivity index (χ0v) is 11.4. The standard InChI is InChI=1S/C16H18N2O2/c1-12-5-4-6-13(11-12)9-10-17-16(20)18-14-7-2-3-8-15(14)19/h2-8,11,19H,9-10H2,1H3,(H2,17,18,20). The lowest BCUT2D eigenvalue weighted by molar-refractivity contribution is 0.252. The van der Waals surface area contributed by atoms with Gasteiger partial charge in [-0.05, 0) is 31.0 Å². The fourth-order valence-corrected chi connectivity index (χ4v) is 1.93. The molecular formula is C16H18N2O2. The normalized spacial score (nSPS) is 10.1. The van der Waals surface area contributed by atoms with Crippen LogP contribution in [0.2, 0.25) is 0 Å². The molecule has 2 rings (SSSR count). The van der Waals surface area contributed by atoms with E-state index in [4.69, 9.17) is 0 Å². The molecule has 0 atom stereocenters. The largest absolute Gasteiger partial charge is 0.506 e. The summed E-state index contributed by atoms with van der Waals surface area (Å²) in [6, 6.07) is 14.5. The highest BCUT2D eigenvalue weighted by Gasteiger charge is 2.04. The molecule has 4 nitrogen and oxygen atoms in total. The molecular weight excluding hydrogens is 252 g/mol. The first kappa shape index (κ1) is 13.9. The van der Waals surface area contributed by atoms with Crippen molar-refractivity contribution in [2.75, 3.05) is 11.9 Å². The molecule has 0 spiro atoms. The van der Waals surface area contributed by atoms with E-state index in [0.29, 0.717) is 12.2 Å². The number of benzene rings is 2. The molecule has 2 aromatic carbocycles. The van der Waals surface area contributed by atoms with Crippen LogP contribution in [-0.2, 0) is 6.42 Å². The molecule has 0 bridgehead atoms. The summed E-state index contributed by atoms with van der Waals surface area (Å²) in [4.78, 5) is 11.7. The molecule has 20 heavy (non-hydrogen) atoms. The monoisotopic (exact) mass is 270 g/mol. The number of aromatic hydroxyl groups is 1. The van der Waals surface area contributed by atoms with Crippen LogP contribution in [0.4, 0.5) is 10.5 Å². The molecule has 0 radical (unpaired) electrons. The third kappa shape index (κ3) is 4.02. The number of hydrogen-bond donors (Lipinski definition) is 3. The molecule has 0 saturated carbocycles. The number of nitrogens with one attached hydrogen (secondary N) is 2. The van der Waals surface area contributed by atoms with Crippen LogP contribution in [0.3, 0.4) is 0 Å². The van der Waals surface area contributed by atoms with E-state index in [9.17, 15) is 9.90 Å². The van der Waals surface area contributed by atoms with Crippen LogP contribution in [0.5, 0.6) is 5.75 Å². The fourth-order valence-electron chi connectivity index (χ4n) is 1.93. The summed E-state index contributed by atoms with van der Waals surface area (Å²) in [7, 11) is 0. The van der Waals surface area contributed by atoms with Gasteiger partial charge >= 0.3 is 6.03 Å². The van der Waals surface area contributed by atoms with Crippen molar-refractivity contribution in [1.82, 2.24) is 5.32 Å². The molecule has 0 aliphatic heterocycles. The van der Waals surface area contributed by atoms with E-state index < -0.39 is 0 Å². The molecule has 0 aromatic heterocycles. The molecule has 0 heterocycles. The molecule has 4 heteroatoms. The average Bonchev–Trinajstić information content (AvgIpc) is 2.41.